The summed E-state index contributed by atoms with van der Waals surface area (Å²) >= 11 is 0. The monoisotopic (exact) mass is 189 g/mol. The zero-order chi connectivity index (χ0) is 10.7. The second-order valence-electron chi connectivity index (χ2n) is 3.79. The van der Waals surface area contributed by atoms with Gasteiger partial charge in [0.2, 0.25) is 0 Å². The number of rotatable bonds is 2. The first kappa shape index (κ1) is 10.5. The van der Waals surface area contributed by atoms with Crippen molar-refractivity contribution >= 4 is 5.69 Å². The predicted molar refractivity (Wildman–Crippen MR) is 57.4 cm³/mol. The average molecular weight is 189 g/mol. The molecule has 0 N–H and O–H groups in total. The van der Waals surface area contributed by atoms with E-state index in [1.54, 1.807) is 6.20 Å². The van der Waals surface area contributed by atoms with Crippen molar-refractivity contribution in [3.8, 4) is 6.07 Å². The molecule has 0 aliphatic carbocycles. The van der Waals surface area contributed by atoms with Crippen LogP contribution in [0.5, 0.6) is 0 Å². The van der Waals surface area contributed by atoms with E-state index in [-0.39, 0.29) is 0 Å². The normalized spacial score (nSPS) is 10.0. The first-order valence-corrected chi connectivity index (χ1v) is 4.63. The van der Waals surface area contributed by atoms with Crippen molar-refractivity contribution in [3.05, 3.63) is 23.5 Å². The number of pyridine rings is 1. The molecule has 0 saturated carbocycles. The third-order valence-electron chi connectivity index (χ3n) is 2.10. The van der Waals surface area contributed by atoms with Crippen molar-refractivity contribution in [3.63, 3.8) is 0 Å². The van der Waals surface area contributed by atoms with E-state index in [0.29, 0.717) is 11.5 Å². The van der Waals surface area contributed by atoms with E-state index >= 15 is 0 Å². The van der Waals surface area contributed by atoms with Gasteiger partial charge in [-0.05, 0) is 12.0 Å². The lowest BCUT2D eigenvalue weighted by atomic mass is 10.1. The SMILES string of the molecule is CC(C)c1cc(N(C)C)c(C#N)cn1. The Balaban J connectivity index is 3.23. The lowest BCUT2D eigenvalue weighted by Gasteiger charge is -2.15. The maximum atomic E-state index is 8.88. The van der Waals surface area contributed by atoms with E-state index in [9.17, 15) is 0 Å². The number of hydrogen-bond acceptors (Lipinski definition) is 3. The summed E-state index contributed by atoms with van der Waals surface area (Å²) in [5, 5.41) is 8.88. The molecule has 0 radical (unpaired) electrons. The molecule has 1 heterocycles. The fourth-order valence-corrected chi connectivity index (χ4v) is 1.23. The Morgan fingerprint density at radius 2 is 2.07 bits per heavy atom. The van der Waals surface area contributed by atoms with Gasteiger partial charge in [0, 0.05) is 26.0 Å². The second-order valence-corrected chi connectivity index (χ2v) is 3.79. The van der Waals surface area contributed by atoms with Gasteiger partial charge < -0.3 is 4.90 Å². The highest BCUT2D eigenvalue weighted by atomic mass is 15.1. The molecule has 1 aromatic heterocycles. The van der Waals surface area contributed by atoms with Crippen LogP contribution in [-0.4, -0.2) is 19.1 Å². The molecule has 0 spiro atoms. The molecule has 3 nitrogen and oxygen atoms in total. The Bertz CT molecular complexity index is 361. The molecule has 14 heavy (non-hydrogen) atoms. The van der Waals surface area contributed by atoms with Crippen LogP contribution in [0.2, 0.25) is 0 Å². The van der Waals surface area contributed by atoms with Crippen LogP contribution in [0.15, 0.2) is 12.3 Å². The minimum Gasteiger partial charge on any atom is -0.376 e. The molecule has 1 aromatic rings. The topological polar surface area (TPSA) is 39.9 Å². The highest BCUT2D eigenvalue weighted by molar-refractivity contribution is 5.58. The first-order valence-electron chi connectivity index (χ1n) is 4.63. The molecule has 0 fully saturated rings. The van der Waals surface area contributed by atoms with Gasteiger partial charge in [-0.1, -0.05) is 13.8 Å². The summed E-state index contributed by atoms with van der Waals surface area (Å²) in [6.45, 7) is 4.18. The number of anilines is 1. The van der Waals surface area contributed by atoms with Gasteiger partial charge in [-0.3, -0.25) is 4.98 Å². The highest BCUT2D eigenvalue weighted by Gasteiger charge is 2.08. The van der Waals surface area contributed by atoms with Gasteiger partial charge >= 0.3 is 0 Å². The molecular weight excluding hydrogens is 174 g/mol. The first-order chi connectivity index (χ1) is 6.56. The quantitative estimate of drug-likeness (QED) is 0.715. The van der Waals surface area contributed by atoms with Gasteiger partial charge in [0.05, 0.1) is 11.3 Å². The van der Waals surface area contributed by atoms with E-state index in [1.165, 1.54) is 0 Å². The molecule has 0 aromatic carbocycles. The molecule has 0 aliphatic heterocycles. The van der Waals surface area contributed by atoms with Crippen LogP contribution >= 0.6 is 0 Å². The third-order valence-corrected chi connectivity index (χ3v) is 2.10. The second kappa shape index (κ2) is 4.10. The smallest absolute Gasteiger partial charge is 0.103 e. The largest absolute Gasteiger partial charge is 0.376 e. The van der Waals surface area contributed by atoms with Crippen LogP contribution in [0, 0.1) is 11.3 Å². The van der Waals surface area contributed by atoms with Crippen LogP contribution in [0.3, 0.4) is 0 Å². The van der Waals surface area contributed by atoms with Gasteiger partial charge in [0.25, 0.3) is 0 Å². The van der Waals surface area contributed by atoms with Crippen molar-refractivity contribution in [2.75, 3.05) is 19.0 Å². The number of hydrogen-bond donors (Lipinski definition) is 0. The van der Waals surface area contributed by atoms with Gasteiger partial charge in [0.1, 0.15) is 6.07 Å². The van der Waals surface area contributed by atoms with Crippen LogP contribution in [0.1, 0.15) is 31.0 Å². The Labute approximate surface area is 85.0 Å². The summed E-state index contributed by atoms with van der Waals surface area (Å²) in [7, 11) is 3.86. The van der Waals surface area contributed by atoms with Crippen molar-refractivity contribution in [1.82, 2.24) is 4.98 Å². The zero-order valence-corrected chi connectivity index (χ0v) is 9.07. The Kier molecular flexibility index (Phi) is 3.08. The molecule has 0 atom stereocenters. The molecule has 0 unspecified atom stereocenters. The maximum absolute atomic E-state index is 8.88. The minimum atomic E-state index is 0.390. The molecule has 1 rings (SSSR count). The molecule has 0 bridgehead atoms. The van der Waals surface area contributed by atoms with Crippen molar-refractivity contribution in [2.45, 2.75) is 19.8 Å². The maximum Gasteiger partial charge on any atom is 0.103 e. The Hall–Kier alpha value is -1.56. The van der Waals surface area contributed by atoms with Gasteiger partial charge in [-0.2, -0.15) is 5.26 Å². The number of aromatic nitrogens is 1. The van der Waals surface area contributed by atoms with E-state index in [1.807, 2.05) is 25.1 Å². The molecule has 0 saturated heterocycles. The minimum absolute atomic E-state index is 0.390. The molecule has 0 aliphatic rings. The number of nitrogens with zero attached hydrogens (tertiary/aromatic N) is 3. The average Bonchev–Trinajstić information content (AvgIpc) is 2.16. The lowest BCUT2D eigenvalue weighted by Crippen LogP contribution is -2.11. The van der Waals surface area contributed by atoms with Crippen molar-refractivity contribution in [2.24, 2.45) is 0 Å². The molecule has 3 heteroatoms. The standard InChI is InChI=1S/C11H15N3/c1-8(2)10-5-11(14(3)4)9(6-12)7-13-10/h5,7-8H,1-4H3. The fraction of sp³-hybridized carbons (Fsp3) is 0.455. The summed E-state index contributed by atoms with van der Waals surface area (Å²) in [6, 6.07) is 4.11. The summed E-state index contributed by atoms with van der Waals surface area (Å²) in [6.07, 6.45) is 1.64. The summed E-state index contributed by atoms with van der Waals surface area (Å²) in [4.78, 5) is 6.18. The zero-order valence-electron chi connectivity index (χ0n) is 9.07. The van der Waals surface area contributed by atoms with E-state index in [4.69, 9.17) is 5.26 Å². The van der Waals surface area contributed by atoms with E-state index < -0.39 is 0 Å². The van der Waals surface area contributed by atoms with Gasteiger partial charge in [0.15, 0.2) is 0 Å². The van der Waals surface area contributed by atoms with E-state index in [2.05, 4.69) is 24.9 Å². The van der Waals surface area contributed by atoms with Crippen LogP contribution in [0.25, 0.3) is 0 Å². The van der Waals surface area contributed by atoms with Crippen LogP contribution < -0.4 is 4.90 Å². The molecular formula is C11H15N3. The van der Waals surface area contributed by atoms with Crippen molar-refractivity contribution in [1.29, 1.82) is 5.26 Å². The van der Waals surface area contributed by atoms with Gasteiger partial charge in [-0.25, -0.2) is 0 Å². The summed E-state index contributed by atoms with van der Waals surface area (Å²) < 4.78 is 0. The third kappa shape index (κ3) is 2.02. The highest BCUT2D eigenvalue weighted by Crippen LogP contribution is 2.21. The molecule has 74 valence electrons. The predicted octanol–water partition coefficient (Wildman–Crippen LogP) is 2.14. The Morgan fingerprint density at radius 3 is 2.50 bits per heavy atom. The summed E-state index contributed by atoms with van der Waals surface area (Å²) in [5.74, 6) is 0.390. The van der Waals surface area contributed by atoms with Crippen molar-refractivity contribution < 1.29 is 0 Å². The fourth-order valence-electron chi connectivity index (χ4n) is 1.23. The van der Waals surface area contributed by atoms with Crippen LogP contribution in [0.4, 0.5) is 5.69 Å². The number of nitriles is 1. The Morgan fingerprint density at radius 1 is 1.43 bits per heavy atom. The van der Waals surface area contributed by atoms with E-state index in [0.717, 1.165) is 11.4 Å². The van der Waals surface area contributed by atoms with Gasteiger partial charge in [-0.15, -0.1) is 0 Å². The molecule has 0 amide bonds. The lowest BCUT2D eigenvalue weighted by molar-refractivity contribution is 0.820. The van der Waals surface area contributed by atoms with Crippen LogP contribution in [-0.2, 0) is 0 Å². The summed E-state index contributed by atoms with van der Waals surface area (Å²) in [5.41, 5.74) is 2.58.